The van der Waals surface area contributed by atoms with E-state index >= 15 is 0 Å². The quantitative estimate of drug-likeness (QED) is 0.456. The summed E-state index contributed by atoms with van der Waals surface area (Å²) >= 11 is 0. The van der Waals surface area contributed by atoms with Gasteiger partial charge < -0.3 is 24.4 Å². The number of aliphatic carboxylic acids is 1. The zero-order valence-corrected chi connectivity index (χ0v) is 17.3. The van der Waals surface area contributed by atoms with Gasteiger partial charge in [-0.1, -0.05) is 26.2 Å². The van der Waals surface area contributed by atoms with Crippen LogP contribution in [0.1, 0.15) is 55.7 Å². The Morgan fingerprint density at radius 1 is 1.14 bits per heavy atom. The summed E-state index contributed by atoms with van der Waals surface area (Å²) in [7, 11) is 0. The lowest BCUT2D eigenvalue weighted by atomic mass is 9.99. The number of carboxylic acids is 1. The molecule has 0 aliphatic heterocycles. The van der Waals surface area contributed by atoms with Gasteiger partial charge in [0.05, 0.1) is 0 Å². The normalized spacial score (nSPS) is 10.9. The van der Waals surface area contributed by atoms with Crippen LogP contribution >= 0.6 is 0 Å². The predicted octanol–water partition coefficient (Wildman–Crippen LogP) is 2.17. The number of fused-ring (bicyclic) bond motifs is 1. The van der Waals surface area contributed by atoms with Crippen LogP contribution in [0.25, 0.3) is 11.0 Å². The van der Waals surface area contributed by atoms with Crippen LogP contribution in [0.5, 0.6) is 5.75 Å². The minimum atomic E-state index is -1.23. The summed E-state index contributed by atoms with van der Waals surface area (Å²) in [6, 6.07) is 3.58. The third-order valence-electron chi connectivity index (χ3n) is 4.94. The number of ether oxygens (including phenoxy) is 1. The van der Waals surface area contributed by atoms with Gasteiger partial charge in [-0.15, -0.1) is 0 Å². The highest BCUT2D eigenvalue weighted by molar-refractivity contribution is 5.86. The number of carboxylic acid groups (broad SMARTS) is 1. The first kappa shape index (κ1) is 22.5. The maximum atomic E-state index is 12.5. The van der Waals surface area contributed by atoms with Gasteiger partial charge in [-0.05, 0) is 44.4 Å². The van der Waals surface area contributed by atoms with Gasteiger partial charge in [-0.2, -0.15) is 0 Å². The molecule has 7 heteroatoms. The average Bonchev–Trinajstić information content (AvgIpc) is 2.67. The maximum Gasteiger partial charge on any atom is 0.339 e. The van der Waals surface area contributed by atoms with Gasteiger partial charge in [0.1, 0.15) is 11.3 Å². The van der Waals surface area contributed by atoms with Crippen LogP contribution in [0.4, 0.5) is 0 Å². The Bertz CT molecular complexity index is 931. The van der Waals surface area contributed by atoms with Gasteiger partial charge in [-0.3, -0.25) is 4.79 Å². The van der Waals surface area contributed by atoms with Crippen molar-refractivity contribution in [3.63, 3.8) is 0 Å². The van der Waals surface area contributed by atoms with E-state index in [1.165, 1.54) is 0 Å². The Morgan fingerprint density at radius 3 is 2.59 bits per heavy atom. The number of benzene rings is 1. The van der Waals surface area contributed by atoms with Crippen LogP contribution in [0.2, 0.25) is 0 Å². The topological polar surface area (TPSA) is 109 Å². The van der Waals surface area contributed by atoms with Crippen molar-refractivity contribution in [1.29, 1.82) is 0 Å². The first-order chi connectivity index (χ1) is 13.8. The van der Waals surface area contributed by atoms with Gasteiger partial charge >= 0.3 is 5.63 Å². The van der Waals surface area contributed by atoms with Crippen molar-refractivity contribution < 1.29 is 23.8 Å². The zero-order chi connectivity index (χ0) is 21.4. The molecule has 0 unspecified atom stereocenters. The van der Waals surface area contributed by atoms with Gasteiger partial charge in [-0.25, -0.2) is 4.79 Å². The fraction of sp³-hybridized carbons (Fsp3) is 0.500. The van der Waals surface area contributed by atoms with E-state index in [1.54, 1.807) is 13.0 Å². The van der Waals surface area contributed by atoms with Crippen LogP contribution < -0.4 is 20.8 Å². The number of nitrogens with one attached hydrogen (secondary N) is 1. The summed E-state index contributed by atoms with van der Waals surface area (Å²) in [5.74, 6) is -1.23. The second-order valence-corrected chi connectivity index (χ2v) is 7.13. The van der Waals surface area contributed by atoms with Gasteiger partial charge in [0.25, 0.3) is 5.91 Å². The minimum Gasteiger partial charge on any atom is -0.550 e. The molecule has 0 aliphatic carbocycles. The van der Waals surface area contributed by atoms with E-state index in [1.807, 2.05) is 13.0 Å². The van der Waals surface area contributed by atoms with Crippen molar-refractivity contribution in [2.75, 3.05) is 13.2 Å². The standard InChI is InChI=1S/C22H29NO6/c1-4-5-6-7-8-17-14(2)16-9-10-18(15(3)21(16)29-22(17)27)28-13-19(24)23-12-11-20(25)26/h9-10H,4-8,11-13H2,1-3H3,(H,23,24)(H,25,26)/p-1. The molecule has 1 aromatic heterocycles. The van der Waals surface area contributed by atoms with E-state index < -0.39 is 11.9 Å². The minimum absolute atomic E-state index is 0.0175. The third kappa shape index (κ3) is 6.07. The summed E-state index contributed by atoms with van der Waals surface area (Å²) in [4.78, 5) is 34.6. The van der Waals surface area contributed by atoms with E-state index in [0.717, 1.165) is 36.6 Å². The molecule has 7 nitrogen and oxygen atoms in total. The highest BCUT2D eigenvalue weighted by Gasteiger charge is 2.15. The Hall–Kier alpha value is -2.83. The van der Waals surface area contributed by atoms with Crippen LogP contribution in [0.15, 0.2) is 21.3 Å². The van der Waals surface area contributed by atoms with E-state index in [-0.39, 0.29) is 25.2 Å². The SMILES string of the molecule is CCCCCCc1c(C)c2ccc(OCC(=O)NCCC(=O)[O-])c(C)c2oc1=O. The number of amides is 1. The molecular formula is C22H28NO6-. The number of aryl methyl sites for hydroxylation is 2. The number of hydrogen-bond acceptors (Lipinski definition) is 6. The Labute approximate surface area is 170 Å². The molecule has 29 heavy (non-hydrogen) atoms. The number of hydrogen-bond donors (Lipinski definition) is 1. The molecule has 158 valence electrons. The summed E-state index contributed by atoms with van der Waals surface area (Å²) in [5, 5.41) is 13.7. The molecule has 0 aliphatic rings. The highest BCUT2D eigenvalue weighted by atomic mass is 16.5. The first-order valence-corrected chi connectivity index (χ1v) is 10.00. The number of rotatable bonds is 11. The number of carbonyl (C=O) groups excluding carboxylic acids is 2. The smallest absolute Gasteiger partial charge is 0.339 e. The molecule has 0 radical (unpaired) electrons. The van der Waals surface area contributed by atoms with E-state index in [9.17, 15) is 19.5 Å². The predicted molar refractivity (Wildman–Crippen MR) is 108 cm³/mol. The molecule has 2 aromatic rings. The lowest BCUT2D eigenvalue weighted by molar-refractivity contribution is -0.305. The van der Waals surface area contributed by atoms with Crippen molar-refractivity contribution in [1.82, 2.24) is 5.32 Å². The second kappa shape index (κ2) is 10.6. The van der Waals surface area contributed by atoms with Crippen LogP contribution in [0, 0.1) is 13.8 Å². The molecule has 0 spiro atoms. The van der Waals surface area contributed by atoms with E-state index in [0.29, 0.717) is 28.9 Å². The molecule has 2 rings (SSSR count). The monoisotopic (exact) mass is 402 g/mol. The maximum absolute atomic E-state index is 12.5. The summed E-state index contributed by atoms with van der Waals surface area (Å²) < 4.78 is 11.1. The molecule has 1 N–H and O–H groups in total. The lowest BCUT2D eigenvalue weighted by Gasteiger charge is -2.13. The Kier molecular flexibility index (Phi) is 8.24. The first-order valence-electron chi connectivity index (χ1n) is 10.00. The van der Waals surface area contributed by atoms with Crippen molar-refractivity contribution >= 4 is 22.8 Å². The molecule has 0 saturated carbocycles. The summed E-state index contributed by atoms with van der Waals surface area (Å²) in [5.41, 5.74) is 2.41. The number of unbranched alkanes of at least 4 members (excludes halogenated alkanes) is 3. The second-order valence-electron chi connectivity index (χ2n) is 7.13. The molecule has 0 atom stereocenters. The summed E-state index contributed by atoms with van der Waals surface area (Å²) in [6.45, 7) is 5.57. The average molecular weight is 402 g/mol. The van der Waals surface area contributed by atoms with Crippen molar-refractivity contribution in [3.8, 4) is 5.75 Å². The van der Waals surface area contributed by atoms with Gasteiger partial charge in [0.2, 0.25) is 0 Å². The number of carbonyl (C=O) groups is 2. The molecule has 0 fully saturated rings. The van der Waals surface area contributed by atoms with Gasteiger partial charge in [0.15, 0.2) is 6.61 Å². The Balaban J connectivity index is 2.13. The highest BCUT2D eigenvalue weighted by Crippen LogP contribution is 2.29. The molecular weight excluding hydrogens is 374 g/mol. The molecule has 1 aromatic carbocycles. The fourth-order valence-electron chi connectivity index (χ4n) is 3.24. The van der Waals surface area contributed by atoms with Crippen LogP contribution in [-0.4, -0.2) is 25.0 Å². The van der Waals surface area contributed by atoms with Crippen molar-refractivity contribution in [3.05, 3.63) is 39.2 Å². The summed E-state index contributed by atoms with van der Waals surface area (Å²) in [6.07, 6.45) is 4.78. The molecule has 1 amide bonds. The zero-order valence-electron chi connectivity index (χ0n) is 17.3. The third-order valence-corrected chi connectivity index (χ3v) is 4.94. The largest absolute Gasteiger partial charge is 0.550 e. The fourth-order valence-corrected chi connectivity index (χ4v) is 3.24. The van der Waals surface area contributed by atoms with Crippen LogP contribution in [0.3, 0.4) is 0 Å². The van der Waals surface area contributed by atoms with Crippen molar-refractivity contribution in [2.45, 2.75) is 59.3 Å². The molecule has 0 bridgehead atoms. The van der Waals surface area contributed by atoms with Crippen molar-refractivity contribution in [2.24, 2.45) is 0 Å². The van der Waals surface area contributed by atoms with E-state index in [4.69, 9.17) is 9.15 Å². The van der Waals surface area contributed by atoms with Gasteiger partial charge in [0, 0.05) is 35.4 Å². The molecule has 0 saturated heterocycles. The lowest BCUT2D eigenvalue weighted by Crippen LogP contribution is -2.33. The Morgan fingerprint density at radius 2 is 1.90 bits per heavy atom. The van der Waals surface area contributed by atoms with E-state index in [2.05, 4.69) is 12.2 Å². The van der Waals surface area contributed by atoms with Crippen LogP contribution in [-0.2, 0) is 16.0 Å². The molecule has 1 heterocycles.